The van der Waals surface area contributed by atoms with Crippen LogP contribution in [0, 0.1) is 0 Å². The Kier molecular flexibility index (Phi) is 13.4. The normalized spacial score (nSPS) is 10.5. The summed E-state index contributed by atoms with van der Waals surface area (Å²) >= 11 is 3.39. The van der Waals surface area contributed by atoms with Crippen LogP contribution in [0.2, 0.25) is 0 Å². The molecule has 5 nitrogen and oxygen atoms in total. The molecule has 0 fully saturated rings. The van der Waals surface area contributed by atoms with Gasteiger partial charge >= 0.3 is 11.9 Å². The van der Waals surface area contributed by atoms with Crippen molar-refractivity contribution in [2.75, 3.05) is 13.7 Å². The Morgan fingerprint density at radius 1 is 0.893 bits per heavy atom. The minimum Gasteiger partial charge on any atom is -0.496 e. The number of benzene rings is 1. The van der Waals surface area contributed by atoms with Crippen LogP contribution in [0.25, 0.3) is 0 Å². The molecule has 0 saturated carbocycles. The summed E-state index contributed by atoms with van der Waals surface area (Å²) in [4.78, 5) is 23.6. The summed E-state index contributed by atoms with van der Waals surface area (Å²) in [5, 5.41) is 0. The van der Waals surface area contributed by atoms with Crippen LogP contribution in [0.15, 0.2) is 22.7 Å². The maximum Gasteiger partial charge on any atom is 0.306 e. The van der Waals surface area contributed by atoms with Crippen molar-refractivity contribution >= 4 is 27.9 Å². The van der Waals surface area contributed by atoms with Gasteiger partial charge in [0.05, 0.1) is 13.7 Å². The number of halogens is 1. The molecule has 0 amide bonds. The zero-order valence-corrected chi connectivity index (χ0v) is 18.7. The summed E-state index contributed by atoms with van der Waals surface area (Å²) < 4.78 is 16.6. The van der Waals surface area contributed by atoms with Gasteiger partial charge in [0.25, 0.3) is 0 Å². The lowest BCUT2D eigenvalue weighted by molar-refractivity contribution is -0.146. The van der Waals surface area contributed by atoms with E-state index >= 15 is 0 Å². The highest BCUT2D eigenvalue weighted by Gasteiger charge is 2.10. The van der Waals surface area contributed by atoms with Crippen LogP contribution < -0.4 is 4.74 Å². The van der Waals surface area contributed by atoms with Gasteiger partial charge in [-0.1, -0.05) is 61.4 Å². The summed E-state index contributed by atoms with van der Waals surface area (Å²) in [5.41, 5.74) is 0.791. The molecule has 1 aromatic rings. The van der Waals surface area contributed by atoms with E-state index < -0.39 is 0 Å². The van der Waals surface area contributed by atoms with Crippen LogP contribution in [0.3, 0.4) is 0 Å². The van der Waals surface area contributed by atoms with Gasteiger partial charge in [-0.05, 0) is 31.0 Å². The first kappa shape index (κ1) is 24.5. The SMILES string of the molecule is CCCCCCCCCOC(=O)CCCC(=O)OCc1cc(Br)ccc1OC. The second-order valence-corrected chi connectivity index (χ2v) is 7.73. The Morgan fingerprint density at radius 3 is 2.21 bits per heavy atom. The summed E-state index contributed by atoms with van der Waals surface area (Å²) in [6.07, 6.45) is 9.19. The van der Waals surface area contributed by atoms with Crippen molar-refractivity contribution in [3.63, 3.8) is 0 Å². The predicted octanol–water partition coefficient (Wildman–Crippen LogP) is 5.97. The third kappa shape index (κ3) is 11.3. The van der Waals surface area contributed by atoms with E-state index in [4.69, 9.17) is 14.2 Å². The fraction of sp³-hybridized carbons (Fsp3) is 0.636. The third-order valence-electron chi connectivity index (χ3n) is 4.40. The predicted molar refractivity (Wildman–Crippen MR) is 113 cm³/mol. The van der Waals surface area contributed by atoms with Gasteiger partial charge in [0.2, 0.25) is 0 Å². The van der Waals surface area contributed by atoms with E-state index in [9.17, 15) is 9.59 Å². The van der Waals surface area contributed by atoms with Gasteiger partial charge in [-0.25, -0.2) is 0 Å². The third-order valence-corrected chi connectivity index (χ3v) is 4.90. The number of unbranched alkanes of at least 4 members (excludes halogenated alkanes) is 6. The highest BCUT2D eigenvalue weighted by Crippen LogP contribution is 2.23. The Balaban J connectivity index is 2.08. The summed E-state index contributed by atoms with van der Waals surface area (Å²) in [7, 11) is 1.58. The minimum atomic E-state index is -0.332. The van der Waals surface area contributed by atoms with Crippen molar-refractivity contribution in [1.82, 2.24) is 0 Å². The van der Waals surface area contributed by atoms with E-state index in [1.165, 1.54) is 32.1 Å². The molecule has 0 aliphatic heterocycles. The second-order valence-electron chi connectivity index (χ2n) is 6.81. The largest absolute Gasteiger partial charge is 0.496 e. The zero-order valence-electron chi connectivity index (χ0n) is 17.1. The monoisotopic (exact) mass is 456 g/mol. The molecule has 0 atom stereocenters. The van der Waals surface area contributed by atoms with Crippen LogP contribution in [0.5, 0.6) is 5.75 Å². The average Bonchev–Trinajstić information content (AvgIpc) is 2.68. The smallest absolute Gasteiger partial charge is 0.306 e. The topological polar surface area (TPSA) is 61.8 Å². The Labute approximate surface area is 177 Å². The van der Waals surface area contributed by atoms with Crippen molar-refractivity contribution in [3.05, 3.63) is 28.2 Å². The number of carbonyl (C=O) groups is 2. The minimum absolute atomic E-state index is 0.143. The van der Waals surface area contributed by atoms with Crippen LogP contribution in [-0.2, 0) is 25.7 Å². The number of ether oxygens (including phenoxy) is 3. The van der Waals surface area contributed by atoms with Gasteiger partial charge in [0.15, 0.2) is 0 Å². The van der Waals surface area contributed by atoms with Gasteiger partial charge < -0.3 is 14.2 Å². The molecule has 0 heterocycles. The molecule has 1 aromatic carbocycles. The van der Waals surface area contributed by atoms with Gasteiger partial charge in [-0.3, -0.25) is 9.59 Å². The lowest BCUT2D eigenvalue weighted by Crippen LogP contribution is -2.09. The van der Waals surface area contributed by atoms with Crippen LogP contribution in [-0.4, -0.2) is 25.7 Å². The molecule has 0 N–H and O–H groups in total. The number of methoxy groups -OCH3 is 1. The highest BCUT2D eigenvalue weighted by atomic mass is 79.9. The van der Waals surface area contributed by atoms with Crippen molar-refractivity contribution < 1.29 is 23.8 Å². The average molecular weight is 457 g/mol. The summed E-state index contributed by atoms with van der Waals surface area (Å²) in [6.45, 7) is 2.82. The Hall–Kier alpha value is -1.56. The standard InChI is InChI=1S/C22H33BrO5/c1-3-4-5-6-7-8-9-15-27-21(24)11-10-12-22(25)28-17-18-16-19(23)13-14-20(18)26-2/h13-14,16H,3-12,15,17H2,1-2H3. The molecular formula is C22H33BrO5. The molecule has 0 saturated heterocycles. The zero-order chi connectivity index (χ0) is 20.6. The second kappa shape index (κ2) is 15.4. The molecule has 0 unspecified atom stereocenters. The molecule has 0 aliphatic carbocycles. The lowest BCUT2D eigenvalue weighted by atomic mass is 10.1. The van der Waals surface area contributed by atoms with Crippen LogP contribution >= 0.6 is 15.9 Å². The Bertz CT molecular complexity index is 588. The van der Waals surface area contributed by atoms with Crippen molar-refractivity contribution in [3.8, 4) is 5.75 Å². The van der Waals surface area contributed by atoms with Gasteiger partial charge in [0, 0.05) is 22.9 Å². The van der Waals surface area contributed by atoms with E-state index in [1.807, 2.05) is 18.2 Å². The van der Waals surface area contributed by atoms with Crippen LogP contribution in [0.1, 0.15) is 76.7 Å². The van der Waals surface area contributed by atoms with Gasteiger partial charge in [-0.2, -0.15) is 0 Å². The van der Waals surface area contributed by atoms with E-state index in [1.54, 1.807) is 7.11 Å². The molecule has 158 valence electrons. The molecule has 0 radical (unpaired) electrons. The molecule has 1 rings (SSSR count). The number of hydrogen-bond acceptors (Lipinski definition) is 5. The van der Waals surface area contributed by atoms with Crippen LogP contribution in [0.4, 0.5) is 0 Å². The van der Waals surface area contributed by atoms with Gasteiger partial charge in [0.1, 0.15) is 12.4 Å². The van der Waals surface area contributed by atoms with Gasteiger partial charge in [-0.15, -0.1) is 0 Å². The Morgan fingerprint density at radius 2 is 1.54 bits per heavy atom. The first-order valence-corrected chi connectivity index (χ1v) is 11.0. The van der Waals surface area contributed by atoms with E-state index in [0.717, 1.165) is 22.9 Å². The fourth-order valence-corrected chi connectivity index (χ4v) is 3.19. The first-order chi connectivity index (χ1) is 13.6. The molecule has 0 bridgehead atoms. The molecule has 0 aromatic heterocycles. The molecule has 0 aliphatic rings. The maximum atomic E-state index is 11.9. The number of rotatable bonds is 15. The van der Waals surface area contributed by atoms with E-state index in [2.05, 4.69) is 22.9 Å². The summed E-state index contributed by atoms with van der Waals surface area (Å²) in [5.74, 6) is 0.0966. The lowest BCUT2D eigenvalue weighted by Gasteiger charge is -2.10. The number of hydrogen-bond donors (Lipinski definition) is 0. The summed E-state index contributed by atoms with van der Waals surface area (Å²) in [6, 6.07) is 5.53. The molecule has 0 spiro atoms. The van der Waals surface area contributed by atoms with E-state index in [0.29, 0.717) is 18.8 Å². The van der Waals surface area contributed by atoms with E-state index in [-0.39, 0.29) is 31.4 Å². The fourth-order valence-electron chi connectivity index (χ4n) is 2.78. The quantitative estimate of drug-likeness (QED) is 0.240. The maximum absolute atomic E-state index is 11.9. The molecule has 6 heteroatoms. The molecule has 28 heavy (non-hydrogen) atoms. The number of esters is 2. The highest BCUT2D eigenvalue weighted by molar-refractivity contribution is 9.10. The van der Waals surface area contributed by atoms with Crippen molar-refractivity contribution in [2.45, 2.75) is 77.7 Å². The van der Waals surface area contributed by atoms with Crippen molar-refractivity contribution in [1.29, 1.82) is 0 Å². The molecular weight excluding hydrogens is 424 g/mol. The number of carbonyl (C=O) groups excluding carboxylic acids is 2. The first-order valence-electron chi connectivity index (χ1n) is 10.2. The van der Waals surface area contributed by atoms with Crippen molar-refractivity contribution in [2.24, 2.45) is 0 Å².